The number of aromatic nitrogens is 2. The zero-order valence-corrected chi connectivity index (χ0v) is 9.81. The SMILES string of the molecule is O=C(O)c1cccc2c(Cl)nc(C3CCC3)n12. The smallest absolute Gasteiger partial charge is 0.352 e. The molecule has 0 spiro atoms. The summed E-state index contributed by atoms with van der Waals surface area (Å²) < 4.78 is 1.68. The number of rotatable bonds is 2. The van der Waals surface area contributed by atoms with Crippen LogP contribution in [0.3, 0.4) is 0 Å². The number of nitrogens with zero attached hydrogens (tertiary/aromatic N) is 2. The van der Waals surface area contributed by atoms with E-state index in [-0.39, 0.29) is 5.69 Å². The molecule has 0 unspecified atom stereocenters. The molecule has 1 saturated carbocycles. The topological polar surface area (TPSA) is 54.6 Å². The third kappa shape index (κ3) is 1.52. The highest BCUT2D eigenvalue weighted by atomic mass is 35.5. The predicted octanol–water partition coefficient (Wildman–Crippen LogP) is 2.95. The normalized spacial score (nSPS) is 16.1. The molecular formula is C12H11ClN2O2. The summed E-state index contributed by atoms with van der Waals surface area (Å²) in [5.41, 5.74) is 0.900. The minimum absolute atomic E-state index is 0.226. The Morgan fingerprint density at radius 3 is 2.82 bits per heavy atom. The lowest BCUT2D eigenvalue weighted by Gasteiger charge is -2.24. The molecule has 0 aromatic carbocycles. The zero-order valence-electron chi connectivity index (χ0n) is 9.06. The predicted molar refractivity (Wildman–Crippen MR) is 63.8 cm³/mol. The monoisotopic (exact) mass is 250 g/mol. The maximum Gasteiger partial charge on any atom is 0.352 e. The van der Waals surface area contributed by atoms with Gasteiger partial charge >= 0.3 is 5.97 Å². The largest absolute Gasteiger partial charge is 0.477 e. The molecule has 5 heteroatoms. The summed E-state index contributed by atoms with van der Waals surface area (Å²) in [5.74, 6) is 0.176. The Balaban J connectivity index is 2.31. The summed E-state index contributed by atoms with van der Waals surface area (Å²) in [6.45, 7) is 0. The van der Waals surface area contributed by atoms with Crippen molar-refractivity contribution in [2.75, 3.05) is 0 Å². The van der Waals surface area contributed by atoms with Crippen LogP contribution in [0.1, 0.15) is 41.5 Å². The molecule has 2 aromatic rings. The van der Waals surface area contributed by atoms with Crippen LogP contribution < -0.4 is 0 Å². The van der Waals surface area contributed by atoms with Gasteiger partial charge in [0.25, 0.3) is 0 Å². The van der Waals surface area contributed by atoms with Crippen molar-refractivity contribution in [2.45, 2.75) is 25.2 Å². The van der Waals surface area contributed by atoms with Gasteiger partial charge in [0, 0.05) is 5.92 Å². The first kappa shape index (κ1) is 10.6. The van der Waals surface area contributed by atoms with Crippen LogP contribution in [-0.4, -0.2) is 20.5 Å². The number of hydrogen-bond acceptors (Lipinski definition) is 2. The molecule has 0 bridgehead atoms. The van der Waals surface area contributed by atoms with E-state index in [0.29, 0.717) is 16.6 Å². The molecule has 1 aliphatic rings. The minimum atomic E-state index is -0.953. The summed E-state index contributed by atoms with van der Waals surface area (Å²) in [5, 5.41) is 9.58. The number of carboxylic acids is 1. The molecule has 2 heterocycles. The third-order valence-corrected chi connectivity index (χ3v) is 3.61. The number of hydrogen-bond donors (Lipinski definition) is 1. The molecular weight excluding hydrogens is 240 g/mol. The Labute approximate surface area is 103 Å². The maximum absolute atomic E-state index is 11.2. The van der Waals surface area contributed by atoms with E-state index in [2.05, 4.69) is 4.98 Å². The lowest BCUT2D eigenvalue weighted by Crippen LogP contribution is -2.15. The first-order chi connectivity index (χ1) is 8.18. The molecule has 1 fully saturated rings. The second-order valence-corrected chi connectivity index (χ2v) is 4.68. The molecule has 0 atom stereocenters. The van der Waals surface area contributed by atoms with Crippen molar-refractivity contribution < 1.29 is 9.90 Å². The van der Waals surface area contributed by atoms with Crippen molar-refractivity contribution >= 4 is 23.1 Å². The van der Waals surface area contributed by atoms with Crippen LogP contribution in [0.5, 0.6) is 0 Å². The van der Waals surface area contributed by atoms with Gasteiger partial charge in [-0.25, -0.2) is 9.78 Å². The fraction of sp³-hybridized carbons (Fsp3) is 0.333. The molecule has 1 N–H and O–H groups in total. The van der Waals surface area contributed by atoms with E-state index in [1.165, 1.54) is 6.42 Å². The Morgan fingerprint density at radius 2 is 2.24 bits per heavy atom. The maximum atomic E-state index is 11.2. The number of halogens is 1. The fourth-order valence-electron chi connectivity index (χ4n) is 2.23. The molecule has 1 aliphatic carbocycles. The summed E-state index contributed by atoms with van der Waals surface area (Å²) in [7, 11) is 0. The molecule has 2 aromatic heterocycles. The van der Waals surface area contributed by atoms with Gasteiger partial charge in [-0.15, -0.1) is 0 Å². The van der Waals surface area contributed by atoms with Crippen LogP contribution in [0.25, 0.3) is 5.52 Å². The molecule has 0 aliphatic heterocycles. The summed E-state index contributed by atoms with van der Waals surface area (Å²) in [6, 6.07) is 5.07. The van der Waals surface area contributed by atoms with E-state index < -0.39 is 5.97 Å². The third-order valence-electron chi connectivity index (χ3n) is 3.33. The molecule has 0 amide bonds. The van der Waals surface area contributed by atoms with Crippen LogP contribution in [0.4, 0.5) is 0 Å². The van der Waals surface area contributed by atoms with Crippen LogP contribution in [0.15, 0.2) is 18.2 Å². The van der Waals surface area contributed by atoms with Gasteiger partial charge in [-0.2, -0.15) is 0 Å². The van der Waals surface area contributed by atoms with E-state index in [9.17, 15) is 9.90 Å². The summed E-state index contributed by atoms with van der Waals surface area (Å²) >= 11 is 6.05. The van der Waals surface area contributed by atoms with Crippen LogP contribution in [0.2, 0.25) is 5.15 Å². The van der Waals surface area contributed by atoms with Crippen molar-refractivity contribution in [1.29, 1.82) is 0 Å². The Bertz CT molecular complexity index is 602. The van der Waals surface area contributed by atoms with Crippen LogP contribution in [-0.2, 0) is 0 Å². The summed E-state index contributed by atoms with van der Waals surface area (Å²) in [4.78, 5) is 15.5. The van der Waals surface area contributed by atoms with E-state index in [0.717, 1.165) is 18.7 Å². The van der Waals surface area contributed by atoms with E-state index in [1.54, 1.807) is 22.6 Å². The number of imidazole rings is 1. The number of fused-ring (bicyclic) bond motifs is 1. The molecule has 4 nitrogen and oxygen atoms in total. The first-order valence-corrected chi connectivity index (χ1v) is 5.96. The highest BCUT2D eigenvalue weighted by molar-refractivity contribution is 6.32. The molecule has 3 rings (SSSR count). The van der Waals surface area contributed by atoms with Crippen molar-refractivity contribution in [2.24, 2.45) is 0 Å². The lowest BCUT2D eigenvalue weighted by molar-refractivity contribution is 0.0688. The second-order valence-electron chi connectivity index (χ2n) is 4.33. The van der Waals surface area contributed by atoms with Crippen molar-refractivity contribution in [1.82, 2.24) is 9.38 Å². The molecule has 0 radical (unpaired) electrons. The van der Waals surface area contributed by atoms with E-state index in [4.69, 9.17) is 11.6 Å². The molecule has 88 valence electrons. The van der Waals surface area contributed by atoms with Gasteiger partial charge in [-0.3, -0.25) is 4.40 Å². The first-order valence-electron chi connectivity index (χ1n) is 5.58. The Hall–Kier alpha value is -1.55. The number of carbonyl (C=O) groups is 1. The Kier molecular flexibility index (Phi) is 2.33. The average molecular weight is 251 g/mol. The van der Waals surface area contributed by atoms with Crippen LogP contribution >= 0.6 is 11.6 Å². The number of aromatic carboxylic acids is 1. The van der Waals surface area contributed by atoms with Gasteiger partial charge in [0.1, 0.15) is 11.5 Å². The van der Waals surface area contributed by atoms with Crippen molar-refractivity contribution in [3.05, 3.63) is 34.9 Å². The summed E-state index contributed by atoms with van der Waals surface area (Å²) in [6.07, 6.45) is 3.29. The van der Waals surface area contributed by atoms with E-state index >= 15 is 0 Å². The van der Waals surface area contributed by atoms with Crippen LogP contribution in [0, 0.1) is 0 Å². The lowest BCUT2D eigenvalue weighted by atomic mass is 9.85. The quantitative estimate of drug-likeness (QED) is 0.892. The second kappa shape index (κ2) is 3.74. The van der Waals surface area contributed by atoms with Gasteiger partial charge in [-0.05, 0) is 25.0 Å². The van der Waals surface area contributed by atoms with Gasteiger partial charge in [-0.1, -0.05) is 24.1 Å². The van der Waals surface area contributed by atoms with Gasteiger partial charge < -0.3 is 5.11 Å². The van der Waals surface area contributed by atoms with Crippen molar-refractivity contribution in [3.8, 4) is 0 Å². The van der Waals surface area contributed by atoms with Crippen molar-refractivity contribution in [3.63, 3.8) is 0 Å². The Morgan fingerprint density at radius 1 is 1.47 bits per heavy atom. The highest BCUT2D eigenvalue weighted by Crippen LogP contribution is 2.37. The van der Waals surface area contributed by atoms with Gasteiger partial charge in [0.15, 0.2) is 5.15 Å². The molecule has 0 saturated heterocycles. The zero-order chi connectivity index (χ0) is 12.0. The fourth-order valence-corrected chi connectivity index (χ4v) is 2.47. The van der Waals surface area contributed by atoms with E-state index in [1.807, 2.05) is 0 Å². The molecule has 17 heavy (non-hydrogen) atoms. The number of pyridine rings is 1. The average Bonchev–Trinajstić information content (AvgIpc) is 2.54. The van der Waals surface area contributed by atoms with Gasteiger partial charge in [0.05, 0.1) is 5.52 Å². The highest BCUT2D eigenvalue weighted by Gasteiger charge is 2.27. The number of carboxylic acid groups (broad SMARTS) is 1. The van der Waals surface area contributed by atoms with Gasteiger partial charge in [0.2, 0.25) is 0 Å². The standard InChI is InChI=1S/C12H11ClN2O2/c13-10-8-5-2-6-9(12(16)17)15(8)11(14-10)7-3-1-4-7/h2,5-7H,1,3-4H2,(H,16,17). The minimum Gasteiger partial charge on any atom is -0.477 e.